The summed E-state index contributed by atoms with van der Waals surface area (Å²) in [6.07, 6.45) is 3.87. The molecule has 1 aliphatic heterocycles. The van der Waals surface area contributed by atoms with Gasteiger partial charge in [-0.15, -0.1) is 11.3 Å². The number of aryl methyl sites for hydroxylation is 1. The maximum atomic E-state index is 13.8. The fourth-order valence-electron chi connectivity index (χ4n) is 4.80. The molecule has 2 heterocycles. The number of likely N-dealkylation sites (tertiary alicyclic amines) is 1. The van der Waals surface area contributed by atoms with Crippen LogP contribution in [0.5, 0.6) is 11.5 Å². The first kappa shape index (κ1) is 25.2. The van der Waals surface area contributed by atoms with Gasteiger partial charge in [0.1, 0.15) is 18.1 Å². The van der Waals surface area contributed by atoms with Crippen molar-refractivity contribution in [1.82, 2.24) is 4.90 Å². The van der Waals surface area contributed by atoms with Crippen molar-refractivity contribution >= 4 is 33.2 Å². The molecule has 0 N–H and O–H groups in total. The van der Waals surface area contributed by atoms with Crippen molar-refractivity contribution in [3.05, 3.63) is 83.4 Å². The second-order valence-electron chi connectivity index (χ2n) is 9.53. The number of fused-ring (bicyclic) bond motifs is 1. The number of thiophene rings is 1. The van der Waals surface area contributed by atoms with E-state index in [0.29, 0.717) is 23.5 Å². The van der Waals surface area contributed by atoms with Crippen molar-refractivity contribution < 1.29 is 19.1 Å². The third kappa shape index (κ3) is 5.92. The van der Waals surface area contributed by atoms with Crippen molar-refractivity contribution in [2.45, 2.75) is 33.1 Å². The zero-order valence-corrected chi connectivity index (χ0v) is 22.1. The summed E-state index contributed by atoms with van der Waals surface area (Å²) in [7, 11) is 0. The number of carbonyl (C=O) groups is 2. The summed E-state index contributed by atoms with van der Waals surface area (Å²) in [6, 6.07) is 21.0. The quantitative estimate of drug-likeness (QED) is 0.146. The molecule has 6 heteroatoms. The monoisotopic (exact) mass is 513 g/mol. The van der Waals surface area contributed by atoms with E-state index in [0.717, 1.165) is 51.5 Å². The highest BCUT2D eigenvalue weighted by atomic mass is 32.1. The molecule has 4 aromatic rings. The van der Waals surface area contributed by atoms with E-state index >= 15 is 0 Å². The Hall–Kier alpha value is -3.48. The number of ketones is 1. The molecule has 5 rings (SSSR count). The van der Waals surface area contributed by atoms with Crippen molar-refractivity contribution in [3.63, 3.8) is 0 Å². The maximum Gasteiger partial charge on any atom is 0.308 e. The molecule has 0 amide bonds. The summed E-state index contributed by atoms with van der Waals surface area (Å²) >= 11 is 1.60. The fourth-order valence-corrected chi connectivity index (χ4v) is 6.10. The Kier molecular flexibility index (Phi) is 7.68. The predicted octanol–water partition coefficient (Wildman–Crippen LogP) is 6.90. The van der Waals surface area contributed by atoms with Crippen LogP contribution in [0.25, 0.3) is 20.5 Å². The number of hydrogen-bond acceptors (Lipinski definition) is 6. The molecule has 0 saturated carbocycles. The zero-order chi connectivity index (χ0) is 25.8. The van der Waals surface area contributed by atoms with Crippen LogP contribution in [0.1, 0.15) is 47.7 Å². The van der Waals surface area contributed by atoms with Gasteiger partial charge in [-0.2, -0.15) is 0 Å². The smallest absolute Gasteiger partial charge is 0.308 e. The molecular weight excluding hydrogens is 482 g/mol. The highest BCUT2D eigenvalue weighted by Gasteiger charge is 2.22. The average molecular weight is 514 g/mol. The highest BCUT2D eigenvalue weighted by Crippen LogP contribution is 2.40. The first-order chi connectivity index (χ1) is 18.0. The Bertz CT molecular complexity index is 1400. The zero-order valence-electron chi connectivity index (χ0n) is 21.3. The van der Waals surface area contributed by atoms with Gasteiger partial charge < -0.3 is 9.47 Å². The van der Waals surface area contributed by atoms with Crippen LogP contribution in [-0.2, 0) is 4.79 Å². The van der Waals surface area contributed by atoms with Gasteiger partial charge in [-0.25, -0.2) is 0 Å². The Balaban J connectivity index is 1.39. The van der Waals surface area contributed by atoms with E-state index < -0.39 is 0 Å². The molecule has 190 valence electrons. The molecule has 0 spiro atoms. The standard InChI is InChI=1S/C31H31NO4S/c1-21-6-15-27-28(20-21)37-31(24-9-13-26(14-10-24)36-22(2)33)29(27)30(34)23-7-11-25(12-8-23)35-19-18-32-16-4-3-5-17-32/h6-15,20H,3-5,16-19H2,1-2H3. The molecule has 5 nitrogen and oxygen atoms in total. The lowest BCUT2D eigenvalue weighted by molar-refractivity contribution is -0.131. The lowest BCUT2D eigenvalue weighted by atomic mass is 9.97. The van der Waals surface area contributed by atoms with Crippen molar-refractivity contribution in [2.75, 3.05) is 26.2 Å². The minimum Gasteiger partial charge on any atom is -0.492 e. The summed E-state index contributed by atoms with van der Waals surface area (Å²) in [6.45, 7) is 7.32. The number of carbonyl (C=O) groups excluding carboxylic acids is 2. The highest BCUT2D eigenvalue weighted by molar-refractivity contribution is 7.22. The third-order valence-electron chi connectivity index (χ3n) is 6.69. The number of nitrogens with zero attached hydrogens (tertiary/aromatic N) is 1. The largest absolute Gasteiger partial charge is 0.492 e. The van der Waals surface area contributed by atoms with Gasteiger partial charge in [0.15, 0.2) is 5.78 Å². The lowest BCUT2D eigenvalue weighted by Gasteiger charge is -2.26. The Morgan fingerprint density at radius 3 is 2.30 bits per heavy atom. The van der Waals surface area contributed by atoms with E-state index in [2.05, 4.69) is 17.9 Å². The number of ether oxygens (including phenoxy) is 2. The molecule has 0 atom stereocenters. The van der Waals surface area contributed by atoms with E-state index in [1.54, 1.807) is 23.5 Å². The van der Waals surface area contributed by atoms with Gasteiger partial charge in [-0.1, -0.05) is 18.6 Å². The van der Waals surface area contributed by atoms with Gasteiger partial charge in [0, 0.05) is 39.6 Å². The van der Waals surface area contributed by atoms with Crippen LogP contribution < -0.4 is 9.47 Å². The normalized spacial score (nSPS) is 14.0. The van der Waals surface area contributed by atoms with E-state index in [1.807, 2.05) is 48.5 Å². The van der Waals surface area contributed by atoms with Crippen LogP contribution >= 0.6 is 11.3 Å². The number of benzene rings is 3. The van der Waals surface area contributed by atoms with Gasteiger partial charge in [0.25, 0.3) is 0 Å². The van der Waals surface area contributed by atoms with Crippen LogP contribution in [-0.4, -0.2) is 42.9 Å². The SMILES string of the molecule is CC(=O)Oc1ccc(-c2sc3cc(C)ccc3c2C(=O)c2ccc(OCCN3CCCCC3)cc2)cc1. The fraction of sp³-hybridized carbons (Fsp3) is 0.290. The van der Waals surface area contributed by atoms with Crippen LogP contribution in [0.15, 0.2) is 66.7 Å². The summed E-state index contributed by atoms with van der Waals surface area (Å²) < 4.78 is 12.2. The predicted molar refractivity (Wildman–Crippen MR) is 149 cm³/mol. The summed E-state index contributed by atoms with van der Waals surface area (Å²) in [5.41, 5.74) is 3.38. The van der Waals surface area contributed by atoms with Crippen LogP contribution in [0.3, 0.4) is 0 Å². The number of hydrogen-bond donors (Lipinski definition) is 0. The van der Waals surface area contributed by atoms with E-state index in [9.17, 15) is 9.59 Å². The topological polar surface area (TPSA) is 55.8 Å². The third-order valence-corrected chi connectivity index (χ3v) is 7.89. The summed E-state index contributed by atoms with van der Waals surface area (Å²) in [5, 5.41) is 0.946. The van der Waals surface area contributed by atoms with Gasteiger partial charge in [0.05, 0.1) is 0 Å². The molecule has 1 fully saturated rings. The van der Waals surface area contributed by atoms with Crippen LogP contribution in [0.2, 0.25) is 0 Å². The van der Waals surface area contributed by atoms with E-state index in [-0.39, 0.29) is 11.8 Å². The van der Waals surface area contributed by atoms with Gasteiger partial charge in [-0.05, 0) is 98.6 Å². The van der Waals surface area contributed by atoms with E-state index in [4.69, 9.17) is 9.47 Å². The first-order valence-electron chi connectivity index (χ1n) is 12.8. The van der Waals surface area contributed by atoms with Crippen LogP contribution in [0.4, 0.5) is 0 Å². The first-order valence-corrected chi connectivity index (χ1v) is 13.6. The molecule has 1 saturated heterocycles. The lowest BCUT2D eigenvalue weighted by Crippen LogP contribution is -2.33. The number of piperidine rings is 1. The van der Waals surface area contributed by atoms with Crippen molar-refractivity contribution in [2.24, 2.45) is 0 Å². The van der Waals surface area contributed by atoms with Crippen molar-refractivity contribution in [1.29, 1.82) is 0 Å². The second-order valence-corrected chi connectivity index (χ2v) is 10.6. The van der Waals surface area contributed by atoms with Gasteiger partial charge in [0.2, 0.25) is 0 Å². The van der Waals surface area contributed by atoms with Crippen LogP contribution in [0, 0.1) is 6.92 Å². The molecule has 0 radical (unpaired) electrons. The molecule has 0 bridgehead atoms. The maximum absolute atomic E-state index is 13.8. The molecular formula is C31H31NO4S. The van der Waals surface area contributed by atoms with Gasteiger partial charge in [-0.3, -0.25) is 14.5 Å². The Morgan fingerprint density at radius 2 is 1.59 bits per heavy atom. The molecule has 0 unspecified atom stereocenters. The minimum absolute atomic E-state index is 0.0194. The molecule has 37 heavy (non-hydrogen) atoms. The molecule has 1 aliphatic rings. The van der Waals surface area contributed by atoms with Crippen molar-refractivity contribution in [3.8, 4) is 21.9 Å². The van der Waals surface area contributed by atoms with Gasteiger partial charge >= 0.3 is 5.97 Å². The minimum atomic E-state index is -0.361. The second kappa shape index (κ2) is 11.3. The molecule has 0 aliphatic carbocycles. The Labute approximate surface area is 221 Å². The number of rotatable bonds is 8. The number of esters is 1. The molecule has 3 aromatic carbocycles. The summed E-state index contributed by atoms with van der Waals surface area (Å²) in [4.78, 5) is 28.5. The van der Waals surface area contributed by atoms with E-state index in [1.165, 1.54) is 26.2 Å². The Morgan fingerprint density at radius 1 is 0.892 bits per heavy atom. The average Bonchev–Trinajstić information content (AvgIpc) is 3.28. The summed E-state index contributed by atoms with van der Waals surface area (Å²) in [5.74, 6) is 0.881. The molecule has 1 aromatic heterocycles.